The molecule has 0 saturated carbocycles. The molecule has 138 valence electrons. The molecule has 3 heteroatoms. The Hall–Kier alpha value is -2.68. The van der Waals surface area contributed by atoms with Gasteiger partial charge in [0.1, 0.15) is 12.7 Å². The van der Waals surface area contributed by atoms with Crippen LogP contribution < -0.4 is 4.57 Å². The molecule has 4 rings (SSSR count). The second-order valence-corrected chi connectivity index (χ2v) is 8.88. The van der Waals surface area contributed by atoms with Crippen molar-refractivity contribution >= 4 is 16.7 Å². The number of imidazole rings is 1. The van der Waals surface area contributed by atoms with Crippen molar-refractivity contribution in [2.75, 3.05) is 0 Å². The van der Waals surface area contributed by atoms with Crippen LogP contribution in [0.3, 0.4) is 0 Å². The number of benzene rings is 1. The van der Waals surface area contributed by atoms with Crippen LogP contribution in [0.2, 0.25) is 0 Å². The van der Waals surface area contributed by atoms with Crippen molar-refractivity contribution in [1.29, 1.82) is 0 Å². The highest BCUT2D eigenvalue weighted by molar-refractivity contribution is 5.95. The molecule has 0 radical (unpaired) electrons. The van der Waals surface area contributed by atoms with Gasteiger partial charge in [-0.05, 0) is 55.0 Å². The zero-order chi connectivity index (χ0) is 19.3. The Kier molecular flexibility index (Phi) is 4.06. The summed E-state index contributed by atoms with van der Waals surface area (Å²) in [5.41, 5.74) is 10.0. The topological polar surface area (TPSA) is 21.2 Å². The predicted octanol–water partition coefficient (Wildman–Crippen LogP) is 5.18. The summed E-state index contributed by atoms with van der Waals surface area (Å²) in [4.78, 5) is 4.83. The summed E-state index contributed by atoms with van der Waals surface area (Å²) >= 11 is 0. The number of fused-ring (bicyclic) bond motifs is 3. The van der Waals surface area contributed by atoms with Gasteiger partial charge in [0.25, 0.3) is 0 Å². The first-order valence-electron chi connectivity index (χ1n) is 9.60. The van der Waals surface area contributed by atoms with E-state index in [9.17, 15) is 0 Å². The van der Waals surface area contributed by atoms with Gasteiger partial charge in [0, 0.05) is 17.8 Å². The average Bonchev–Trinajstić information content (AvgIpc) is 2.95. The zero-order valence-electron chi connectivity index (χ0n) is 17.2. The fourth-order valence-electron chi connectivity index (χ4n) is 4.01. The van der Waals surface area contributed by atoms with Crippen LogP contribution >= 0.6 is 0 Å². The van der Waals surface area contributed by atoms with Crippen LogP contribution in [0.5, 0.6) is 0 Å². The SMILES string of the molecule is Cc1c[n+](C)c(-c2c(C)ccc3nc4ccccn4c23)cc1CC(C)(C)C. The molecular weight excluding hydrogens is 330 g/mol. The normalized spacial score (nSPS) is 12.2. The molecule has 0 unspecified atom stereocenters. The standard InChI is InChI=1S/C24H28N3/c1-16-10-11-19-23(27-12-8-7-9-21(27)25-19)22(16)20-13-18(14-24(3,4)5)17(2)15-26(20)6/h7-13,15H,14H2,1-6H3/q+1. The third-order valence-corrected chi connectivity index (χ3v) is 5.24. The maximum atomic E-state index is 4.83. The number of rotatable bonds is 2. The molecule has 1 aromatic carbocycles. The molecule has 3 nitrogen and oxygen atoms in total. The van der Waals surface area contributed by atoms with Crippen molar-refractivity contribution in [2.24, 2.45) is 12.5 Å². The predicted molar refractivity (Wildman–Crippen MR) is 112 cm³/mol. The monoisotopic (exact) mass is 358 g/mol. The van der Waals surface area contributed by atoms with Crippen LogP contribution in [0.4, 0.5) is 0 Å². The Balaban J connectivity index is 2.05. The van der Waals surface area contributed by atoms with Crippen molar-refractivity contribution in [2.45, 2.75) is 41.0 Å². The highest BCUT2D eigenvalue weighted by Gasteiger charge is 2.23. The fourth-order valence-corrected chi connectivity index (χ4v) is 4.01. The van der Waals surface area contributed by atoms with E-state index < -0.39 is 0 Å². The second-order valence-electron chi connectivity index (χ2n) is 8.88. The van der Waals surface area contributed by atoms with Gasteiger partial charge >= 0.3 is 0 Å². The molecular formula is C24H28N3+. The Labute approximate surface area is 161 Å². The lowest BCUT2D eigenvalue weighted by atomic mass is 9.86. The number of aromatic nitrogens is 3. The molecule has 0 spiro atoms. The van der Waals surface area contributed by atoms with E-state index in [4.69, 9.17) is 4.98 Å². The van der Waals surface area contributed by atoms with Crippen LogP contribution in [0, 0.1) is 19.3 Å². The minimum absolute atomic E-state index is 0.256. The van der Waals surface area contributed by atoms with Gasteiger partial charge < -0.3 is 0 Å². The van der Waals surface area contributed by atoms with Crippen molar-refractivity contribution < 1.29 is 4.57 Å². The summed E-state index contributed by atoms with van der Waals surface area (Å²) < 4.78 is 4.46. The van der Waals surface area contributed by atoms with Crippen LogP contribution in [0.15, 0.2) is 48.8 Å². The molecule has 3 aromatic heterocycles. The third-order valence-electron chi connectivity index (χ3n) is 5.24. The molecule has 4 aromatic rings. The first-order chi connectivity index (χ1) is 12.7. The maximum absolute atomic E-state index is 4.83. The molecule has 0 N–H and O–H groups in total. The van der Waals surface area contributed by atoms with Gasteiger partial charge in [0.05, 0.1) is 16.6 Å². The molecule has 0 saturated heterocycles. The lowest BCUT2D eigenvalue weighted by molar-refractivity contribution is -0.660. The second kappa shape index (κ2) is 6.19. The van der Waals surface area contributed by atoms with Crippen LogP contribution in [-0.4, -0.2) is 9.38 Å². The first-order valence-corrected chi connectivity index (χ1v) is 9.60. The smallest absolute Gasteiger partial charge is 0.215 e. The van der Waals surface area contributed by atoms with E-state index in [1.54, 1.807) is 0 Å². The van der Waals surface area contributed by atoms with Gasteiger partial charge in [0.15, 0.2) is 6.20 Å². The van der Waals surface area contributed by atoms with Crippen LogP contribution in [0.1, 0.15) is 37.5 Å². The number of hydrogen-bond donors (Lipinski definition) is 0. The molecule has 0 aliphatic carbocycles. The summed E-state index contributed by atoms with van der Waals surface area (Å²) in [6, 6.07) is 12.9. The van der Waals surface area contributed by atoms with Crippen LogP contribution in [-0.2, 0) is 13.5 Å². The average molecular weight is 359 g/mol. The fraction of sp³-hybridized carbons (Fsp3) is 0.333. The number of aryl methyl sites for hydroxylation is 3. The Morgan fingerprint density at radius 3 is 2.56 bits per heavy atom. The van der Waals surface area contributed by atoms with Gasteiger partial charge in [-0.3, -0.25) is 4.40 Å². The van der Waals surface area contributed by atoms with Gasteiger partial charge in [0.2, 0.25) is 5.69 Å². The van der Waals surface area contributed by atoms with Crippen molar-refractivity contribution in [3.63, 3.8) is 0 Å². The molecule has 0 atom stereocenters. The highest BCUT2D eigenvalue weighted by atomic mass is 15.0. The molecule has 0 bridgehead atoms. The summed E-state index contributed by atoms with van der Waals surface area (Å²) in [5.74, 6) is 0. The van der Waals surface area contributed by atoms with Crippen molar-refractivity contribution in [3.05, 3.63) is 65.5 Å². The lowest BCUT2D eigenvalue weighted by Crippen LogP contribution is -2.32. The van der Waals surface area contributed by atoms with Gasteiger partial charge in [-0.2, -0.15) is 0 Å². The van der Waals surface area contributed by atoms with E-state index >= 15 is 0 Å². The highest BCUT2D eigenvalue weighted by Crippen LogP contribution is 2.32. The molecule has 0 aliphatic rings. The van der Waals surface area contributed by atoms with Crippen LogP contribution in [0.25, 0.3) is 27.9 Å². The van der Waals surface area contributed by atoms with Crippen molar-refractivity contribution in [3.8, 4) is 11.3 Å². The molecule has 27 heavy (non-hydrogen) atoms. The minimum atomic E-state index is 0.256. The van der Waals surface area contributed by atoms with E-state index in [1.165, 1.54) is 33.5 Å². The Morgan fingerprint density at radius 2 is 1.81 bits per heavy atom. The molecule has 0 aliphatic heterocycles. The summed E-state index contributed by atoms with van der Waals surface area (Å²) in [6.45, 7) is 11.3. The quantitative estimate of drug-likeness (QED) is 0.452. The van der Waals surface area contributed by atoms with E-state index in [-0.39, 0.29) is 5.41 Å². The molecule has 0 fully saturated rings. The summed E-state index contributed by atoms with van der Waals surface area (Å²) in [5, 5.41) is 0. The van der Waals surface area contributed by atoms with Gasteiger partial charge in [-0.15, -0.1) is 0 Å². The minimum Gasteiger partial charge on any atom is -0.299 e. The van der Waals surface area contributed by atoms with Gasteiger partial charge in [-0.1, -0.05) is 32.9 Å². The van der Waals surface area contributed by atoms with Gasteiger partial charge in [-0.25, -0.2) is 9.55 Å². The Morgan fingerprint density at radius 1 is 1.04 bits per heavy atom. The molecule has 0 amide bonds. The number of nitrogens with zero attached hydrogens (tertiary/aromatic N) is 3. The van der Waals surface area contributed by atoms with E-state index in [0.717, 1.165) is 17.6 Å². The largest absolute Gasteiger partial charge is 0.299 e. The third kappa shape index (κ3) is 3.12. The van der Waals surface area contributed by atoms with Crippen molar-refractivity contribution in [1.82, 2.24) is 9.38 Å². The lowest BCUT2D eigenvalue weighted by Gasteiger charge is -2.19. The summed E-state index contributed by atoms with van der Waals surface area (Å²) in [7, 11) is 2.14. The number of hydrogen-bond acceptors (Lipinski definition) is 1. The van der Waals surface area contributed by atoms with E-state index in [1.807, 2.05) is 6.07 Å². The molecule has 3 heterocycles. The first kappa shape index (κ1) is 17.7. The summed E-state index contributed by atoms with van der Waals surface area (Å²) in [6.07, 6.45) is 5.44. The maximum Gasteiger partial charge on any atom is 0.215 e. The Bertz CT molecular complexity index is 1160. The zero-order valence-corrected chi connectivity index (χ0v) is 17.2. The number of pyridine rings is 2. The van der Waals surface area contributed by atoms with E-state index in [2.05, 4.69) is 93.4 Å². The van der Waals surface area contributed by atoms with E-state index in [0.29, 0.717) is 0 Å².